The lowest BCUT2D eigenvalue weighted by Gasteiger charge is -2.38. The van der Waals surface area contributed by atoms with Gasteiger partial charge in [0.05, 0.1) is 38.0 Å². The number of nitrogens with zero attached hydrogens (tertiary/aromatic N) is 1. The van der Waals surface area contributed by atoms with Crippen molar-refractivity contribution in [1.29, 1.82) is 0 Å². The molecule has 2 saturated heterocycles. The van der Waals surface area contributed by atoms with E-state index in [0.29, 0.717) is 44.2 Å². The van der Waals surface area contributed by atoms with Crippen molar-refractivity contribution in [2.75, 3.05) is 43.5 Å². The zero-order chi connectivity index (χ0) is 24.4. The minimum absolute atomic E-state index is 0.00723. The molecule has 5 rings (SSSR count). The molecule has 10 heteroatoms. The van der Waals surface area contributed by atoms with Gasteiger partial charge >= 0.3 is 6.03 Å². The number of rotatable bonds is 5. The summed E-state index contributed by atoms with van der Waals surface area (Å²) < 4.78 is 31.3. The van der Waals surface area contributed by atoms with E-state index in [1.807, 2.05) is 6.07 Å². The second-order valence-electron chi connectivity index (χ2n) is 8.91. The number of anilines is 2. The molecule has 3 heterocycles. The Balaban J connectivity index is 1.28. The van der Waals surface area contributed by atoms with Crippen LogP contribution < -0.4 is 15.4 Å². The van der Waals surface area contributed by atoms with Crippen LogP contribution in [0.25, 0.3) is 0 Å². The van der Waals surface area contributed by atoms with E-state index in [9.17, 15) is 19.1 Å². The van der Waals surface area contributed by atoms with Crippen LogP contribution in [-0.2, 0) is 14.3 Å². The first-order valence-electron chi connectivity index (χ1n) is 11.8. The maximum absolute atomic E-state index is 13.8. The summed E-state index contributed by atoms with van der Waals surface area (Å²) in [5.74, 6) is 0.0348. The molecule has 2 fully saturated rings. The average Bonchev–Trinajstić information content (AvgIpc) is 3.23. The predicted molar refractivity (Wildman–Crippen MR) is 125 cm³/mol. The van der Waals surface area contributed by atoms with Gasteiger partial charge in [-0.1, -0.05) is 12.1 Å². The smallest absolute Gasteiger partial charge is 0.323 e. The van der Waals surface area contributed by atoms with Gasteiger partial charge in [-0.25, -0.2) is 9.18 Å². The summed E-state index contributed by atoms with van der Waals surface area (Å²) in [7, 11) is 0. The second kappa shape index (κ2) is 10.2. The van der Waals surface area contributed by atoms with Crippen molar-refractivity contribution in [3.8, 4) is 5.75 Å². The molecule has 0 unspecified atom stereocenters. The summed E-state index contributed by atoms with van der Waals surface area (Å²) in [6.45, 7) is 1.97. The van der Waals surface area contributed by atoms with E-state index in [0.717, 1.165) is 5.56 Å². The number of carbonyl (C=O) groups excluding carboxylic acids is 2. The molecule has 0 spiro atoms. The molecule has 4 atom stereocenters. The quantitative estimate of drug-likeness (QED) is 0.601. The van der Waals surface area contributed by atoms with E-state index >= 15 is 0 Å². The van der Waals surface area contributed by atoms with Crippen molar-refractivity contribution in [2.45, 2.75) is 37.1 Å². The van der Waals surface area contributed by atoms with Gasteiger partial charge in [-0.15, -0.1) is 0 Å². The third-order valence-corrected chi connectivity index (χ3v) is 6.65. The Bertz CT molecular complexity index is 1090. The number of para-hydroxylation sites is 1. The first-order valence-corrected chi connectivity index (χ1v) is 11.8. The maximum Gasteiger partial charge on any atom is 0.323 e. The number of morpholine rings is 1. The first kappa shape index (κ1) is 23.5. The number of hydrogen-bond donors (Lipinski definition) is 3. The molecule has 0 aromatic heterocycles. The normalized spacial score (nSPS) is 25.3. The van der Waals surface area contributed by atoms with Crippen LogP contribution in [0, 0.1) is 5.82 Å². The number of halogens is 1. The highest BCUT2D eigenvalue weighted by Crippen LogP contribution is 2.47. The van der Waals surface area contributed by atoms with Crippen LogP contribution in [0.3, 0.4) is 0 Å². The third kappa shape index (κ3) is 5.09. The Kier molecular flexibility index (Phi) is 6.85. The zero-order valence-corrected chi connectivity index (χ0v) is 19.1. The number of hydrogen-bond acceptors (Lipinski definition) is 6. The minimum atomic E-state index is -0.570. The van der Waals surface area contributed by atoms with Crippen molar-refractivity contribution >= 4 is 23.3 Å². The fraction of sp³-hybridized carbons (Fsp3) is 0.440. The number of aliphatic hydroxyl groups is 1. The lowest BCUT2D eigenvalue weighted by molar-refractivity contribution is -0.151. The van der Waals surface area contributed by atoms with Gasteiger partial charge < -0.3 is 34.9 Å². The van der Waals surface area contributed by atoms with Crippen LogP contribution in [0.2, 0.25) is 0 Å². The second-order valence-corrected chi connectivity index (χ2v) is 8.91. The van der Waals surface area contributed by atoms with E-state index in [1.165, 1.54) is 12.1 Å². The van der Waals surface area contributed by atoms with Crippen LogP contribution in [0.1, 0.15) is 24.3 Å². The molecule has 3 aliphatic rings. The van der Waals surface area contributed by atoms with E-state index in [1.54, 1.807) is 29.2 Å². The maximum atomic E-state index is 13.8. The van der Waals surface area contributed by atoms with Gasteiger partial charge in [-0.2, -0.15) is 0 Å². The third-order valence-electron chi connectivity index (χ3n) is 6.65. The van der Waals surface area contributed by atoms with Gasteiger partial charge in [0.25, 0.3) is 0 Å². The Morgan fingerprint density at radius 2 is 1.91 bits per heavy atom. The molecule has 2 aromatic rings. The summed E-state index contributed by atoms with van der Waals surface area (Å²) in [5, 5.41) is 15.2. The highest BCUT2D eigenvalue weighted by molar-refractivity contribution is 5.99. The van der Waals surface area contributed by atoms with Gasteiger partial charge in [-0.05, 0) is 36.8 Å². The Morgan fingerprint density at radius 3 is 2.69 bits per heavy atom. The summed E-state index contributed by atoms with van der Waals surface area (Å²) in [6, 6.07) is 10.6. The molecule has 0 saturated carbocycles. The van der Waals surface area contributed by atoms with E-state index in [2.05, 4.69) is 10.6 Å². The van der Waals surface area contributed by atoms with Crippen LogP contribution in [-0.4, -0.2) is 73.2 Å². The van der Waals surface area contributed by atoms with Gasteiger partial charge in [0, 0.05) is 30.3 Å². The number of benzene rings is 2. The number of fused-ring (bicyclic) bond motifs is 3. The topological polar surface area (TPSA) is 109 Å². The largest absolute Gasteiger partial charge is 0.487 e. The molecule has 9 nitrogen and oxygen atoms in total. The van der Waals surface area contributed by atoms with Crippen LogP contribution in [0.5, 0.6) is 5.75 Å². The molecule has 3 aliphatic heterocycles. The molecule has 3 N–H and O–H groups in total. The van der Waals surface area contributed by atoms with Gasteiger partial charge in [0.2, 0.25) is 5.91 Å². The lowest BCUT2D eigenvalue weighted by atomic mass is 9.84. The Hall–Kier alpha value is -3.21. The molecular formula is C25H28FN3O6. The van der Waals surface area contributed by atoms with Crippen molar-refractivity contribution < 1.29 is 33.3 Å². The van der Waals surface area contributed by atoms with Crippen LogP contribution >= 0.6 is 0 Å². The summed E-state index contributed by atoms with van der Waals surface area (Å²) in [4.78, 5) is 27.0. The fourth-order valence-electron chi connectivity index (χ4n) is 4.95. The monoisotopic (exact) mass is 485 g/mol. The molecule has 2 aromatic carbocycles. The first-order chi connectivity index (χ1) is 17.0. The number of aliphatic hydroxyl groups excluding tert-OH is 1. The summed E-state index contributed by atoms with van der Waals surface area (Å²) in [6.07, 6.45) is -0.538. The number of urea groups is 1. The molecule has 3 amide bonds. The summed E-state index contributed by atoms with van der Waals surface area (Å²) in [5.41, 5.74) is 1.48. The van der Waals surface area contributed by atoms with Gasteiger partial charge in [0.15, 0.2) is 0 Å². The molecule has 0 aliphatic carbocycles. The van der Waals surface area contributed by atoms with Gasteiger partial charge in [0.1, 0.15) is 23.8 Å². The Morgan fingerprint density at radius 1 is 1.11 bits per heavy atom. The van der Waals surface area contributed by atoms with Gasteiger partial charge in [-0.3, -0.25) is 4.79 Å². The molecular weight excluding hydrogens is 457 g/mol. The van der Waals surface area contributed by atoms with E-state index in [4.69, 9.17) is 14.2 Å². The predicted octanol–water partition coefficient (Wildman–Crippen LogP) is 2.71. The molecule has 35 heavy (non-hydrogen) atoms. The fourth-order valence-corrected chi connectivity index (χ4v) is 4.95. The highest BCUT2D eigenvalue weighted by Gasteiger charge is 2.46. The number of amides is 3. The van der Waals surface area contributed by atoms with Crippen LogP contribution in [0.15, 0.2) is 42.5 Å². The number of carbonyl (C=O) groups is 2. The van der Waals surface area contributed by atoms with Crippen molar-refractivity contribution in [3.05, 3.63) is 53.8 Å². The SMILES string of the molecule is O=C(Nc1ccc2c(c1)[C@H]1C[C@@H](CC(=O)N3CCOCC3)O[C@H](CO)[C@H]1O2)Nc1ccccc1F. The van der Waals surface area contributed by atoms with Crippen molar-refractivity contribution in [3.63, 3.8) is 0 Å². The highest BCUT2D eigenvalue weighted by atomic mass is 19.1. The van der Waals surface area contributed by atoms with E-state index < -0.39 is 18.0 Å². The molecule has 186 valence electrons. The van der Waals surface area contributed by atoms with Crippen molar-refractivity contribution in [1.82, 2.24) is 4.90 Å². The molecule has 0 radical (unpaired) electrons. The lowest BCUT2D eigenvalue weighted by Crippen LogP contribution is -2.48. The Labute approximate surface area is 202 Å². The minimum Gasteiger partial charge on any atom is -0.487 e. The van der Waals surface area contributed by atoms with Crippen molar-refractivity contribution in [2.24, 2.45) is 0 Å². The standard InChI is InChI=1S/C25H28FN3O6/c26-19-3-1-2-4-20(19)28-25(32)27-15-5-6-21-17(11-15)18-12-16(34-22(14-30)24(18)35-21)13-23(31)29-7-9-33-10-8-29/h1-6,11,16,18,22,24,30H,7-10,12-14H2,(H2,27,28,32)/t16-,18+,22+,24-/m0/s1. The number of nitrogens with one attached hydrogen (secondary N) is 2. The van der Waals surface area contributed by atoms with E-state index in [-0.39, 0.29) is 42.7 Å². The average molecular weight is 486 g/mol. The number of ether oxygens (including phenoxy) is 3. The summed E-state index contributed by atoms with van der Waals surface area (Å²) >= 11 is 0. The zero-order valence-electron chi connectivity index (χ0n) is 19.1. The molecule has 0 bridgehead atoms. The van der Waals surface area contributed by atoms with Crippen LogP contribution in [0.4, 0.5) is 20.6 Å².